The highest BCUT2D eigenvalue weighted by Gasteiger charge is 2.48. The van der Waals surface area contributed by atoms with Crippen molar-refractivity contribution in [3.63, 3.8) is 0 Å². The zero-order valence-corrected chi connectivity index (χ0v) is 25.2. The normalized spacial score (nSPS) is 23.8. The largest absolute Gasteiger partial charge is 0.474 e. The number of fused-ring (bicyclic) bond motifs is 1. The average Bonchev–Trinajstić information content (AvgIpc) is 3.80. The second kappa shape index (κ2) is 12.2. The molecule has 4 aromatic rings. The Morgan fingerprint density at radius 2 is 1.96 bits per heavy atom. The van der Waals surface area contributed by atoms with Gasteiger partial charge in [0, 0.05) is 61.1 Å². The Morgan fingerprint density at radius 1 is 1.13 bits per heavy atom. The molecule has 12 nitrogen and oxygen atoms in total. The monoisotopic (exact) mass is 636 g/mol. The Bertz CT molecular complexity index is 1720. The second-order valence-corrected chi connectivity index (χ2v) is 12.6. The molecule has 7 rings (SSSR count). The van der Waals surface area contributed by atoms with Crippen molar-refractivity contribution in [3.8, 4) is 23.2 Å². The lowest BCUT2D eigenvalue weighted by molar-refractivity contribution is -0.145. The average molecular weight is 637 g/mol. The summed E-state index contributed by atoms with van der Waals surface area (Å²) >= 11 is 0. The molecule has 0 amide bonds. The van der Waals surface area contributed by atoms with E-state index in [0.29, 0.717) is 38.9 Å². The van der Waals surface area contributed by atoms with E-state index in [1.807, 2.05) is 28.0 Å². The number of aromatic nitrogens is 7. The van der Waals surface area contributed by atoms with E-state index < -0.39 is 17.5 Å². The minimum absolute atomic E-state index is 0.0398. The molecule has 2 saturated heterocycles. The number of halogens is 3. The fourth-order valence-corrected chi connectivity index (χ4v) is 7.22. The Labute approximate surface area is 263 Å². The van der Waals surface area contributed by atoms with Crippen LogP contribution in [0.4, 0.5) is 13.2 Å². The number of hydrogen-bond acceptors (Lipinski definition) is 10. The molecule has 0 aromatic carbocycles. The number of nitrogens with zero attached hydrogens (tertiary/aromatic N) is 9. The van der Waals surface area contributed by atoms with Gasteiger partial charge in [-0.1, -0.05) is 0 Å². The van der Waals surface area contributed by atoms with E-state index in [2.05, 4.69) is 41.0 Å². The Hall–Kier alpha value is -4.13. The number of aliphatic hydroxyl groups excluding tert-OH is 1. The first-order chi connectivity index (χ1) is 22.2. The van der Waals surface area contributed by atoms with Gasteiger partial charge in [-0.25, -0.2) is 15.0 Å². The van der Waals surface area contributed by atoms with Gasteiger partial charge >= 0.3 is 6.18 Å². The highest BCUT2D eigenvalue weighted by Crippen LogP contribution is 2.39. The lowest BCUT2D eigenvalue weighted by Crippen LogP contribution is -2.65. The lowest BCUT2D eigenvalue weighted by Gasteiger charge is -2.53. The summed E-state index contributed by atoms with van der Waals surface area (Å²) in [6, 6.07) is 5.97. The van der Waals surface area contributed by atoms with Crippen molar-refractivity contribution < 1.29 is 23.0 Å². The third-order valence-corrected chi connectivity index (χ3v) is 9.63. The van der Waals surface area contributed by atoms with E-state index in [1.165, 1.54) is 12.4 Å². The molecule has 1 aliphatic carbocycles. The van der Waals surface area contributed by atoms with Crippen LogP contribution in [0.2, 0.25) is 0 Å². The molecule has 15 heteroatoms. The molecule has 0 unspecified atom stereocenters. The maximum absolute atomic E-state index is 13.7. The summed E-state index contributed by atoms with van der Waals surface area (Å²) in [4.78, 5) is 23.6. The van der Waals surface area contributed by atoms with Crippen LogP contribution in [0.3, 0.4) is 0 Å². The molecule has 2 N–H and O–H groups in total. The Morgan fingerprint density at radius 3 is 2.72 bits per heavy atom. The van der Waals surface area contributed by atoms with Gasteiger partial charge in [-0.05, 0) is 51.1 Å². The second-order valence-electron chi connectivity index (χ2n) is 12.6. The van der Waals surface area contributed by atoms with Gasteiger partial charge in [0.1, 0.15) is 23.6 Å². The number of ether oxygens (including phenoxy) is 1. The van der Waals surface area contributed by atoms with E-state index in [9.17, 15) is 23.5 Å². The Balaban J connectivity index is 0.984. The van der Waals surface area contributed by atoms with Gasteiger partial charge in [-0.2, -0.15) is 28.5 Å². The van der Waals surface area contributed by atoms with Crippen LogP contribution in [0.1, 0.15) is 56.5 Å². The van der Waals surface area contributed by atoms with E-state index >= 15 is 0 Å². The molecule has 6 heterocycles. The predicted molar refractivity (Wildman–Crippen MR) is 159 cm³/mol. The van der Waals surface area contributed by atoms with Crippen molar-refractivity contribution >= 4 is 11.0 Å². The number of aromatic amines is 1. The molecule has 242 valence electrons. The summed E-state index contributed by atoms with van der Waals surface area (Å²) in [5.74, 6) is -1.27. The third kappa shape index (κ3) is 5.92. The van der Waals surface area contributed by atoms with Crippen LogP contribution < -0.4 is 4.74 Å². The van der Waals surface area contributed by atoms with E-state index in [1.54, 1.807) is 6.20 Å². The molecule has 1 atom stereocenters. The van der Waals surface area contributed by atoms with Crippen molar-refractivity contribution in [1.82, 2.24) is 44.5 Å². The molecule has 1 saturated carbocycles. The summed E-state index contributed by atoms with van der Waals surface area (Å²) in [6.45, 7) is 2.21. The highest BCUT2D eigenvalue weighted by molar-refractivity contribution is 5.90. The maximum Gasteiger partial charge on any atom is 0.451 e. The molecule has 3 fully saturated rings. The van der Waals surface area contributed by atoms with Crippen LogP contribution in [-0.2, 0) is 18.3 Å². The van der Waals surface area contributed by atoms with Crippen molar-refractivity contribution in [2.45, 2.75) is 81.4 Å². The number of likely N-dealkylation sites (tertiary alicyclic amines) is 2. The topological polar surface area (TPSA) is 145 Å². The van der Waals surface area contributed by atoms with Gasteiger partial charge in [-0.3, -0.25) is 14.5 Å². The van der Waals surface area contributed by atoms with Crippen LogP contribution in [0.15, 0.2) is 37.1 Å². The molecule has 4 aromatic heterocycles. The fourth-order valence-electron chi connectivity index (χ4n) is 7.22. The van der Waals surface area contributed by atoms with E-state index in [-0.39, 0.29) is 42.9 Å². The van der Waals surface area contributed by atoms with Crippen LogP contribution in [0, 0.1) is 11.3 Å². The SMILES string of the molecule is N#CCC1(n2cc(-c3ncnc4[nH]ccc34)cn2)CN(C2CCC(Oc3cc(CN4CCC[C@@H]4CO)nc(C(F)(F)F)n3)CC2)C1. The number of rotatable bonds is 9. The van der Waals surface area contributed by atoms with Gasteiger partial charge in [0.05, 0.1) is 36.7 Å². The minimum Gasteiger partial charge on any atom is -0.474 e. The van der Waals surface area contributed by atoms with Gasteiger partial charge in [0.2, 0.25) is 11.7 Å². The molecular formula is C31H35F3N10O2. The molecule has 0 radical (unpaired) electrons. The number of nitrogens with one attached hydrogen (secondary N) is 1. The summed E-state index contributed by atoms with van der Waals surface area (Å²) in [5.41, 5.74) is 2.18. The number of H-pyrrole nitrogens is 1. The smallest absolute Gasteiger partial charge is 0.451 e. The van der Waals surface area contributed by atoms with Gasteiger partial charge < -0.3 is 14.8 Å². The van der Waals surface area contributed by atoms with Crippen molar-refractivity contribution in [2.75, 3.05) is 26.2 Å². The van der Waals surface area contributed by atoms with Crippen molar-refractivity contribution in [1.29, 1.82) is 5.26 Å². The first-order valence-corrected chi connectivity index (χ1v) is 15.7. The first kappa shape index (κ1) is 30.5. The van der Waals surface area contributed by atoms with Gasteiger partial charge in [0.15, 0.2) is 0 Å². The maximum atomic E-state index is 13.7. The summed E-state index contributed by atoms with van der Waals surface area (Å²) in [6.07, 6.45) is 7.12. The van der Waals surface area contributed by atoms with Crippen molar-refractivity contribution in [3.05, 3.63) is 48.6 Å². The van der Waals surface area contributed by atoms with Crippen LogP contribution in [0.5, 0.6) is 5.88 Å². The molecule has 46 heavy (non-hydrogen) atoms. The molecular weight excluding hydrogens is 601 g/mol. The number of hydrogen-bond donors (Lipinski definition) is 2. The zero-order chi connectivity index (χ0) is 31.9. The molecule has 3 aliphatic rings. The summed E-state index contributed by atoms with van der Waals surface area (Å²) in [7, 11) is 0. The van der Waals surface area contributed by atoms with Crippen LogP contribution in [-0.4, -0.2) is 94.0 Å². The lowest BCUT2D eigenvalue weighted by atomic mass is 9.82. The zero-order valence-electron chi connectivity index (χ0n) is 25.2. The molecule has 0 bridgehead atoms. The third-order valence-electron chi connectivity index (χ3n) is 9.63. The van der Waals surface area contributed by atoms with E-state index in [0.717, 1.165) is 48.0 Å². The van der Waals surface area contributed by atoms with Crippen LogP contribution in [0.25, 0.3) is 22.3 Å². The minimum atomic E-state index is -4.70. The van der Waals surface area contributed by atoms with Gasteiger partial charge in [0.25, 0.3) is 0 Å². The number of aliphatic hydroxyl groups is 1. The molecule has 2 aliphatic heterocycles. The quantitative estimate of drug-likeness (QED) is 0.278. The van der Waals surface area contributed by atoms with Crippen LogP contribution >= 0.6 is 0 Å². The van der Waals surface area contributed by atoms with E-state index in [4.69, 9.17) is 4.74 Å². The number of alkyl halides is 3. The summed E-state index contributed by atoms with van der Waals surface area (Å²) < 4.78 is 49.0. The fraction of sp³-hybridized carbons (Fsp3) is 0.548. The van der Waals surface area contributed by atoms with Gasteiger partial charge in [-0.15, -0.1) is 0 Å². The molecule has 0 spiro atoms. The highest BCUT2D eigenvalue weighted by atomic mass is 19.4. The van der Waals surface area contributed by atoms with Crippen molar-refractivity contribution in [2.24, 2.45) is 0 Å². The standard InChI is InChI=1S/C31H35F3N10O2/c32-31(33,34)29-40-21(15-42-11-1-2-23(42)16-45)12-26(41-29)46-24-5-3-22(4-6-24)43-17-30(18-43,8-9-35)44-14-20(13-39-44)27-25-7-10-36-28(25)38-19-37-27/h7,10,12-14,19,22-24,45H,1-6,8,11,15-18H2,(H,36,37,38)/t22?,23-,24?/m1/s1. The number of nitriles is 1. The predicted octanol–water partition coefficient (Wildman–Crippen LogP) is 3.90. The first-order valence-electron chi connectivity index (χ1n) is 15.7. The Kier molecular flexibility index (Phi) is 8.12. The summed E-state index contributed by atoms with van der Waals surface area (Å²) in [5, 5.41) is 24.9.